The summed E-state index contributed by atoms with van der Waals surface area (Å²) >= 11 is 0. The van der Waals surface area contributed by atoms with Gasteiger partial charge in [-0.05, 0) is 18.4 Å². The number of esters is 1. The first kappa shape index (κ1) is 29.5. The Morgan fingerprint density at radius 2 is 1.08 bits per heavy atom. The predicted octanol–water partition coefficient (Wildman–Crippen LogP) is 3.74. The largest absolute Gasteiger partial charge is 0.461 e. The van der Waals surface area contributed by atoms with E-state index in [1.165, 1.54) is 25.7 Å². The predicted molar refractivity (Wildman–Crippen MR) is 131 cm³/mol. The fourth-order valence-corrected chi connectivity index (χ4v) is 3.97. The van der Waals surface area contributed by atoms with Gasteiger partial charge in [0.1, 0.15) is 6.61 Å². The molecule has 1 aromatic carbocycles. The summed E-state index contributed by atoms with van der Waals surface area (Å²) in [6.07, 6.45) is 9.22. The lowest BCUT2D eigenvalue weighted by atomic mass is 10.0. The van der Waals surface area contributed by atoms with Gasteiger partial charge in [0.2, 0.25) is 0 Å². The summed E-state index contributed by atoms with van der Waals surface area (Å²) in [7, 11) is 0. The number of carbonyl (C=O) groups excluding carboxylic acids is 4. The van der Waals surface area contributed by atoms with Crippen LogP contribution in [0.15, 0.2) is 30.3 Å². The average Bonchev–Trinajstić information content (AvgIpc) is 3.06. The fourth-order valence-electron chi connectivity index (χ4n) is 3.97. The normalized spacial score (nSPS) is 17.4. The Labute approximate surface area is 212 Å². The van der Waals surface area contributed by atoms with Gasteiger partial charge in [-0.2, -0.15) is 0 Å². The Morgan fingerprint density at radius 3 is 1.56 bits per heavy atom. The van der Waals surface area contributed by atoms with Gasteiger partial charge in [-0.15, -0.1) is 0 Å². The molecule has 0 spiro atoms. The number of nitrogens with zero attached hydrogens (tertiary/aromatic N) is 1. The minimum Gasteiger partial charge on any atom is -0.461 e. The molecule has 2 amide bonds. The van der Waals surface area contributed by atoms with Crippen LogP contribution in [-0.4, -0.2) is 51.2 Å². The van der Waals surface area contributed by atoms with E-state index >= 15 is 0 Å². The van der Waals surface area contributed by atoms with E-state index in [0.717, 1.165) is 50.5 Å². The van der Waals surface area contributed by atoms with E-state index in [4.69, 9.17) is 4.74 Å². The average molecular weight is 506 g/mol. The first-order valence-corrected chi connectivity index (χ1v) is 13.0. The second-order valence-electron chi connectivity index (χ2n) is 9.21. The van der Waals surface area contributed by atoms with Crippen molar-refractivity contribution in [3.63, 3.8) is 0 Å². The molecule has 1 aromatic rings. The summed E-state index contributed by atoms with van der Waals surface area (Å²) < 4.78 is 5.28. The molecule has 0 radical (unpaired) electrons. The number of benzene rings is 1. The minimum absolute atomic E-state index is 0.0635. The number of hydrogen-bond acceptors (Lipinski definition) is 8. The molecule has 200 valence electrons. The molecule has 1 aliphatic rings. The third-order valence-corrected chi connectivity index (χ3v) is 6.15. The SMILES string of the molecule is O=C(CCCCCCCCCCCCCCC(=O)ON1C(=O)C(O)C(O)C1=O)OCc1ccccc1. The van der Waals surface area contributed by atoms with Crippen LogP contribution in [0.4, 0.5) is 0 Å². The van der Waals surface area contributed by atoms with Crippen LogP contribution in [-0.2, 0) is 35.4 Å². The zero-order chi connectivity index (χ0) is 26.2. The Balaban J connectivity index is 1.33. The van der Waals surface area contributed by atoms with Crippen molar-refractivity contribution in [3.05, 3.63) is 35.9 Å². The first-order chi connectivity index (χ1) is 17.4. The fraction of sp³-hybridized carbons (Fsp3) is 0.630. The van der Waals surface area contributed by atoms with Crippen LogP contribution in [0.5, 0.6) is 0 Å². The van der Waals surface area contributed by atoms with Crippen LogP contribution in [0.25, 0.3) is 0 Å². The number of amides is 2. The Morgan fingerprint density at radius 1 is 0.667 bits per heavy atom. The number of unbranched alkanes of at least 4 members (excludes halogenated alkanes) is 11. The lowest BCUT2D eigenvalue weighted by Crippen LogP contribution is -2.34. The van der Waals surface area contributed by atoms with E-state index in [0.29, 0.717) is 19.4 Å². The molecule has 0 aromatic heterocycles. The molecular weight excluding hydrogens is 466 g/mol. The number of aliphatic hydroxyl groups excluding tert-OH is 2. The maximum atomic E-state index is 11.8. The number of rotatable bonds is 18. The Hall–Kier alpha value is -2.78. The maximum absolute atomic E-state index is 11.8. The van der Waals surface area contributed by atoms with Crippen molar-refractivity contribution in [2.75, 3.05) is 0 Å². The molecule has 2 atom stereocenters. The molecule has 0 bridgehead atoms. The van der Waals surface area contributed by atoms with Crippen molar-refractivity contribution in [2.24, 2.45) is 0 Å². The van der Waals surface area contributed by atoms with Gasteiger partial charge in [-0.25, -0.2) is 4.79 Å². The standard InChI is InChI=1S/C27H39NO8/c29-22(35-20-21-16-12-11-13-17-21)18-14-9-7-5-3-1-2-4-6-8-10-15-19-23(30)36-28-26(33)24(31)25(32)27(28)34/h11-13,16-17,24-25,31-32H,1-10,14-15,18-20H2. The van der Waals surface area contributed by atoms with Crippen molar-refractivity contribution >= 4 is 23.8 Å². The molecule has 2 rings (SSSR count). The van der Waals surface area contributed by atoms with Crippen LogP contribution in [0.2, 0.25) is 0 Å². The molecule has 0 saturated carbocycles. The van der Waals surface area contributed by atoms with Crippen molar-refractivity contribution in [1.82, 2.24) is 5.06 Å². The van der Waals surface area contributed by atoms with Crippen LogP contribution in [0.1, 0.15) is 95.5 Å². The van der Waals surface area contributed by atoms with E-state index in [1.807, 2.05) is 30.3 Å². The number of hydroxylamine groups is 2. The van der Waals surface area contributed by atoms with Gasteiger partial charge >= 0.3 is 11.9 Å². The smallest absolute Gasteiger partial charge is 0.333 e. The van der Waals surface area contributed by atoms with Crippen molar-refractivity contribution in [1.29, 1.82) is 0 Å². The van der Waals surface area contributed by atoms with Gasteiger partial charge in [-0.1, -0.05) is 99.6 Å². The molecule has 2 N–H and O–H groups in total. The second kappa shape index (κ2) is 16.8. The van der Waals surface area contributed by atoms with Crippen LogP contribution >= 0.6 is 0 Å². The second-order valence-corrected chi connectivity index (χ2v) is 9.21. The molecule has 2 unspecified atom stereocenters. The third-order valence-electron chi connectivity index (χ3n) is 6.15. The molecule has 0 aliphatic carbocycles. The Bertz CT molecular complexity index is 808. The van der Waals surface area contributed by atoms with Gasteiger partial charge in [-0.3, -0.25) is 14.4 Å². The van der Waals surface area contributed by atoms with Gasteiger partial charge in [0.05, 0.1) is 0 Å². The molecule has 1 saturated heterocycles. The van der Waals surface area contributed by atoms with Gasteiger partial charge in [0.25, 0.3) is 11.8 Å². The summed E-state index contributed by atoms with van der Waals surface area (Å²) in [6, 6.07) is 9.69. The highest BCUT2D eigenvalue weighted by Crippen LogP contribution is 2.16. The van der Waals surface area contributed by atoms with Crippen LogP contribution < -0.4 is 0 Å². The monoisotopic (exact) mass is 505 g/mol. The molecule has 9 nitrogen and oxygen atoms in total. The van der Waals surface area contributed by atoms with E-state index in [-0.39, 0.29) is 17.5 Å². The van der Waals surface area contributed by atoms with Crippen molar-refractivity contribution in [2.45, 2.75) is 109 Å². The van der Waals surface area contributed by atoms with Gasteiger partial charge in [0, 0.05) is 12.8 Å². The van der Waals surface area contributed by atoms with Gasteiger partial charge in [0.15, 0.2) is 12.2 Å². The summed E-state index contributed by atoms with van der Waals surface area (Å²) in [5.74, 6) is -3.12. The summed E-state index contributed by atoms with van der Waals surface area (Å²) in [4.78, 5) is 51.3. The highest BCUT2D eigenvalue weighted by molar-refractivity contribution is 6.07. The molecule has 1 fully saturated rings. The van der Waals surface area contributed by atoms with Gasteiger partial charge < -0.3 is 19.8 Å². The maximum Gasteiger partial charge on any atom is 0.333 e. The van der Waals surface area contributed by atoms with E-state index in [1.54, 1.807) is 0 Å². The zero-order valence-corrected chi connectivity index (χ0v) is 20.9. The number of aliphatic hydroxyl groups is 2. The quantitative estimate of drug-likeness (QED) is 0.175. The number of hydrogen-bond donors (Lipinski definition) is 2. The highest BCUT2D eigenvalue weighted by Gasteiger charge is 2.48. The molecular formula is C27H39NO8. The number of imide groups is 1. The van der Waals surface area contributed by atoms with Crippen molar-refractivity contribution < 1.29 is 39.0 Å². The number of ether oxygens (including phenoxy) is 1. The van der Waals surface area contributed by atoms with E-state index in [9.17, 15) is 29.4 Å². The Kier molecular flexibility index (Phi) is 13.8. The zero-order valence-electron chi connectivity index (χ0n) is 20.9. The van der Waals surface area contributed by atoms with E-state index < -0.39 is 30.0 Å². The topological polar surface area (TPSA) is 130 Å². The highest BCUT2D eigenvalue weighted by atomic mass is 16.7. The molecule has 36 heavy (non-hydrogen) atoms. The van der Waals surface area contributed by atoms with Crippen LogP contribution in [0, 0.1) is 0 Å². The lowest BCUT2D eigenvalue weighted by Gasteiger charge is -2.12. The summed E-state index contributed by atoms with van der Waals surface area (Å²) in [6.45, 7) is 0.340. The lowest BCUT2D eigenvalue weighted by molar-refractivity contribution is -0.199. The van der Waals surface area contributed by atoms with Crippen molar-refractivity contribution in [3.8, 4) is 0 Å². The minimum atomic E-state index is -1.88. The molecule has 1 heterocycles. The molecule has 9 heteroatoms. The summed E-state index contributed by atoms with van der Waals surface area (Å²) in [5, 5.41) is 18.8. The molecule has 1 aliphatic heterocycles. The van der Waals surface area contributed by atoms with Crippen LogP contribution in [0.3, 0.4) is 0 Å². The number of carbonyl (C=O) groups is 4. The summed E-state index contributed by atoms with van der Waals surface area (Å²) in [5.41, 5.74) is 1.00. The van der Waals surface area contributed by atoms with E-state index in [2.05, 4.69) is 4.84 Å². The first-order valence-electron chi connectivity index (χ1n) is 13.0. The third kappa shape index (κ3) is 10.9.